The van der Waals surface area contributed by atoms with Gasteiger partial charge in [0.2, 0.25) is 0 Å². The predicted molar refractivity (Wildman–Crippen MR) is 135 cm³/mol. The Hall–Kier alpha value is -0.950. The average Bonchev–Trinajstić information content (AvgIpc) is 3.11. The quantitative estimate of drug-likeness (QED) is 0.164. The molecule has 3 fully saturated rings. The molecule has 3 heteroatoms. The Morgan fingerprint density at radius 2 is 1.84 bits per heavy atom. The van der Waals surface area contributed by atoms with Crippen LogP contribution in [0.25, 0.3) is 10.4 Å². The monoisotopic (exact) mass is 439 g/mol. The first-order valence-electron chi connectivity index (χ1n) is 14.0. The molecule has 0 N–H and O–H groups in total. The third-order valence-corrected chi connectivity index (χ3v) is 11.5. The van der Waals surface area contributed by atoms with Crippen molar-refractivity contribution in [1.29, 1.82) is 0 Å². The van der Waals surface area contributed by atoms with Crippen LogP contribution in [0.4, 0.5) is 0 Å². The molecule has 0 aliphatic heterocycles. The number of nitrogens with zero attached hydrogens (tertiary/aromatic N) is 3. The molecular weight excluding hydrogens is 390 g/mol. The maximum Gasteiger partial charge on any atom is 0.0411 e. The van der Waals surface area contributed by atoms with Crippen LogP contribution >= 0.6 is 0 Å². The number of hydrogen-bond acceptors (Lipinski definition) is 1. The van der Waals surface area contributed by atoms with Gasteiger partial charge in [-0.05, 0) is 116 Å². The molecule has 0 aromatic carbocycles. The lowest BCUT2D eigenvalue weighted by Crippen LogP contribution is -2.50. The molecule has 32 heavy (non-hydrogen) atoms. The summed E-state index contributed by atoms with van der Waals surface area (Å²) in [5, 5.41) is 4.09. The second-order valence-corrected chi connectivity index (χ2v) is 13.1. The Morgan fingerprint density at radius 1 is 1.06 bits per heavy atom. The summed E-state index contributed by atoms with van der Waals surface area (Å²) in [6.07, 6.45) is 17.2. The fourth-order valence-electron chi connectivity index (χ4n) is 9.48. The molecule has 0 radical (unpaired) electrons. The van der Waals surface area contributed by atoms with Crippen LogP contribution in [0.15, 0.2) is 16.8 Å². The summed E-state index contributed by atoms with van der Waals surface area (Å²) >= 11 is 0. The summed E-state index contributed by atoms with van der Waals surface area (Å²) in [7, 11) is 0. The van der Waals surface area contributed by atoms with Crippen molar-refractivity contribution in [3.05, 3.63) is 22.1 Å². The average molecular weight is 440 g/mol. The van der Waals surface area contributed by atoms with Gasteiger partial charge in [0, 0.05) is 11.0 Å². The van der Waals surface area contributed by atoms with Crippen molar-refractivity contribution < 1.29 is 0 Å². The summed E-state index contributed by atoms with van der Waals surface area (Å²) in [6, 6.07) is 0.194. The highest BCUT2D eigenvalue weighted by molar-refractivity contribution is 5.26. The van der Waals surface area contributed by atoms with Gasteiger partial charge in [0.1, 0.15) is 0 Å². The highest BCUT2D eigenvalue weighted by Crippen LogP contribution is 2.67. The first kappa shape index (κ1) is 24.2. The summed E-state index contributed by atoms with van der Waals surface area (Å²) < 4.78 is 0. The van der Waals surface area contributed by atoms with Gasteiger partial charge in [0.15, 0.2) is 0 Å². The fourth-order valence-corrected chi connectivity index (χ4v) is 9.48. The Balaban J connectivity index is 1.47. The van der Waals surface area contributed by atoms with Crippen LogP contribution in [-0.2, 0) is 0 Å². The summed E-state index contributed by atoms with van der Waals surface area (Å²) in [6.45, 7) is 15.1. The fraction of sp³-hybridized carbons (Fsp3) is 0.931. The van der Waals surface area contributed by atoms with Gasteiger partial charge in [-0.15, -0.1) is 0 Å². The van der Waals surface area contributed by atoms with Crippen LogP contribution in [0.5, 0.6) is 0 Å². The Morgan fingerprint density at radius 3 is 2.53 bits per heavy atom. The van der Waals surface area contributed by atoms with Crippen LogP contribution in [0.1, 0.15) is 112 Å². The van der Waals surface area contributed by atoms with E-state index >= 15 is 0 Å². The molecule has 4 rings (SSSR count). The molecule has 3 nitrogen and oxygen atoms in total. The molecule has 9 atom stereocenters. The molecule has 0 aromatic heterocycles. The second kappa shape index (κ2) is 9.36. The molecular formula is C29H49N3. The van der Waals surface area contributed by atoms with Gasteiger partial charge < -0.3 is 0 Å². The minimum Gasteiger partial charge on any atom is -0.0903 e. The van der Waals surface area contributed by atoms with Crippen LogP contribution in [0, 0.1) is 52.3 Å². The molecule has 0 spiro atoms. The maximum atomic E-state index is 8.92. The third-order valence-electron chi connectivity index (χ3n) is 11.5. The predicted octanol–water partition coefficient (Wildman–Crippen LogP) is 9.34. The maximum absolute atomic E-state index is 8.92. The van der Waals surface area contributed by atoms with Crippen molar-refractivity contribution in [3.8, 4) is 0 Å². The highest BCUT2D eigenvalue weighted by atomic mass is 15.1. The number of allylic oxidation sites excluding steroid dienone is 1. The Kier molecular flexibility index (Phi) is 7.07. The van der Waals surface area contributed by atoms with E-state index in [0.717, 1.165) is 54.3 Å². The van der Waals surface area contributed by atoms with Crippen molar-refractivity contribution in [2.24, 2.45) is 57.4 Å². The first-order chi connectivity index (χ1) is 15.2. The zero-order valence-corrected chi connectivity index (χ0v) is 21.8. The van der Waals surface area contributed by atoms with E-state index in [2.05, 4.69) is 57.6 Å². The zero-order valence-electron chi connectivity index (χ0n) is 21.8. The molecule has 0 heterocycles. The molecule has 5 unspecified atom stereocenters. The molecule has 0 amide bonds. The Bertz CT molecular complexity index is 750. The van der Waals surface area contributed by atoms with E-state index < -0.39 is 0 Å². The first-order valence-corrected chi connectivity index (χ1v) is 14.0. The van der Waals surface area contributed by atoms with E-state index in [1.165, 1.54) is 57.8 Å². The molecule has 4 aliphatic rings. The van der Waals surface area contributed by atoms with Gasteiger partial charge in [-0.3, -0.25) is 0 Å². The normalized spacial score (nSPS) is 42.8. The lowest BCUT2D eigenvalue weighted by atomic mass is 9.47. The van der Waals surface area contributed by atoms with Crippen LogP contribution in [0.3, 0.4) is 0 Å². The van der Waals surface area contributed by atoms with Crippen molar-refractivity contribution in [1.82, 2.24) is 0 Å². The SMILES string of the molecule is CC[C@H](CC[C@@H](C)C1CCC2[C@@H]3CC=C4C[C@@H](N=[N+]=[N-])CCC4(C)C3CCC21C)C(C)C. The number of azide groups is 1. The second-order valence-electron chi connectivity index (χ2n) is 13.1. The van der Waals surface area contributed by atoms with Crippen molar-refractivity contribution in [2.45, 2.75) is 118 Å². The third kappa shape index (κ3) is 4.06. The summed E-state index contributed by atoms with van der Waals surface area (Å²) in [4.78, 5) is 3.12. The standard InChI is InChI=1S/C29H49N3/c1-7-21(19(2)3)9-8-20(4)25-12-13-26-24-11-10-22-18-23(31-32-30)14-16-28(22,5)27(24)15-17-29(25,26)6/h10,19-21,23-27H,7-9,11-18H2,1-6H3/t20-,21-,23+,24+,25?,26?,27?,28?,29?/m1/s1. The number of rotatable bonds is 7. The molecule has 180 valence electrons. The van der Waals surface area contributed by atoms with Crippen LogP contribution < -0.4 is 0 Å². The number of hydrogen-bond donors (Lipinski definition) is 0. The lowest BCUT2D eigenvalue weighted by molar-refractivity contribution is -0.0511. The minimum absolute atomic E-state index is 0.194. The van der Waals surface area contributed by atoms with E-state index in [0.29, 0.717) is 10.8 Å². The van der Waals surface area contributed by atoms with Crippen molar-refractivity contribution in [2.75, 3.05) is 0 Å². The molecule has 0 saturated heterocycles. The largest absolute Gasteiger partial charge is 0.0903 e. The van der Waals surface area contributed by atoms with Gasteiger partial charge in [-0.25, -0.2) is 0 Å². The van der Waals surface area contributed by atoms with E-state index in [-0.39, 0.29) is 6.04 Å². The summed E-state index contributed by atoms with van der Waals surface area (Å²) in [5.41, 5.74) is 11.5. The van der Waals surface area contributed by atoms with Crippen molar-refractivity contribution >= 4 is 0 Å². The number of fused-ring (bicyclic) bond motifs is 5. The van der Waals surface area contributed by atoms with E-state index in [4.69, 9.17) is 5.53 Å². The Labute approximate surface area is 197 Å². The molecule has 0 bridgehead atoms. The topological polar surface area (TPSA) is 48.8 Å². The van der Waals surface area contributed by atoms with Gasteiger partial charge >= 0.3 is 0 Å². The summed E-state index contributed by atoms with van der Waals surface area (Å²) in [5.74, 6) is 6.19. The van der Waals surface area contributed by atoms with Gasteiger partial charge in [0.25, 0.3) is 0 Å². The smallest absolute Gasteiger partial charge is 0.0411 e. The molecule has 4 aliphatic carbocycles. The van der Waals surface area contributed by atoms with Gasteiger partial charge in [-0.2, -0.15) is 0 Å². The highest BCUT2D eigenvalue weighted by Gasteiger charge is 2.59. The van der Waals surface area contributed by atoms with Gasteiger partial charge in [-0.1, -0.05) is 71.1 Å². The van der Waals surface area contributed by atoms with Crippen LogP contribution in [-0.4, -0.2) is 6.04 Å². The van der Waals surface area contributed by atoms with Crippen molar-refractivity contribution in [3.63, 3.8) is 0 Å². The van der Waals surface area contributed by atoms with Crippen LogP contribution in [0.2, 0.25) is 0 Å². The van der Waals surface area contributed by atoms with Gasteiger partial charge in [0.05, 0.1) is 0 Å². The molecule has 3 saturated carbocycles. The van der Waals surface area contributed by atoms with E-state index in [1.54, 1.807) is 5.57 Å². The molecule has 0 aromatic rings. The minimum atomic E-state index is 0.194. The van der Waals surface area contributed by atoms with E-state index in [9.17, 15) is 0 Å². The zero-order chi connectivity index (χ0) is 23.1. The lowest BCUT2D eigenvalue weighted by Gasteiger charge is -2.58. The van der Waals surface area contributed by atoms with E-state index in [1.807, 2.05) is 0 Å².